The van der Waals surface area contributed by atoms with Crippen molar-refractivity contribution in [2.24, 2.45) is 0 Å². The van der Waals surface area contributed by atoms with Crippen LogP contribution in [0.5, 0.6) is 0 Å². The maximum absolute atomic E-state index is 10.7. The van der Waals surface area contributed by atoms with Gasteiger partial charge >= 0.3 is 0 Å². The van der Waals surface area contributed by atoms with E-state index in [0.717, 1.165) is 12.1 Å². The van der Waals surface area contributed by atoms with E-state index in [2.05, 4.69) is 15.0 Å². The molecule has 16 heavy (non-hydrogen) atoms. The van der Waals surface area contributed by atoms with Gasteiger partial charge in [-0.3, -0.25) is 0 Å². The fraction of sp³-hybridized carbons (Fsp3) is 0.444. The summed E-state index contributed by atoms with van der Waals surface area (Å²) in [4.78, 5) is 4.05. The molecule has 0 aromatic carbocycles. The third-order valence-corrected chi connectivity index (χ3v) is 2.54. The molecule has 7 heteroatoms. The molecule has 90 valence electrons. The Hall–Kier alpha value is -1.34. The van der Waals surface area contributed by atoms with E-state index in [1.165, 1.54) is 0 Å². The maximum atomic E-state index is 10.7. The number of anilines is 2. The zero-order valence-electron chi connectivity index (χ0n) is 9.10. The lowest BCUT2D eigenvalue weighted by molar-refractivity contribution is 0.586. The number of sulfonamides is 1. The largest absolute Gasteiger partial charge is 0.397 e. The molecule has 0 saturated heterocycles. The molecule has 1 rings (SSSR count). The molecule has 0 aliphatic heterocycles. The Labute approximate surface area is 95.3 Å². The van der Waals surface area contributed by atoms with Gasteiger partial charge in [0.05, 0.1) is 18.1 Å². The first-order chi connectivity index (χ1) is 7.47. The maximum Gasteiger partial charge on any atom is 0.208 e. The van der Waals surface area contributed by atoms with Gasteiger partial charge in [0.2, 0.25) is 10.0 Å². The van der Waals surface area contributed by atoms with Crippen LogP contribution in [-0.2, 0) is 10.0 Å². The normalized spacial score (nSPS) is 11.3. The fourth-order valence-electron chi connectivity index (χ4n) is 1.07. The number of pyridine rings is 1. The van der Waals surface area contributed by atoms with Crippen molar-refractivity contribution in [2.75, 3.05) is 30.4 Å². The number of hydrogen-bond acceptors (Lipinski definition) is 5. The summed E-state index contributed by atoms with van der Waals surface area (Å²) in [5.41, 5.74) is 6.10. The fourth-order valence-corrected chi connectivity index (χ4v) is 1.59. The van der Waals surface area contributed by atoms with E-state index in [1.54, 1.807) is 18.3 Å². The van der Waals surface area contributed by atoms with Crippen molar-refractivity contribution < 1.29 is 8.42 Å². The predicted molar refractivity (Wildman–Crippen MR) is 64.6 cm³/mol. The summed E-state index contributed by atoms with van der Waals surface area (Å²) in [6, 6.07) is 3.53. The summed E-state index contributed by atoms with van der Waals surface area (Å²) in [7, 11) is -3.08. The SMILES string of the molecule is CS(=O)(=O)NCCCNc1ccc(N)cn1. The Morgan fingerprint density at radius 1 is 1.38 bits per heavy atom. The predicted octanol–water partition coefficient (Wildman–Crippen LogP) is 0.0150. The first kappa shape index (κ1) is 12.7. The van der Waals surface area contributed by atoms with E-state index in [9.17, 15) is 8.42 Å². The number of nitrogen functional groups attached to an aromatic ring is 1. The van der Waals surface area contributed by atoms with Gasteiger partial charge in [-0.2, -0.15) is 0 Å². The number of rotatable bonds is 6. The highest BCUT2D eigenvalue weighted by Crippen LogP contribution is 2.05. The zero-order valence-corrected chi connectivity index (χ0v) is 9.92. The highest BCUT2D eigenvalue weighted by molar-refractivity contribution is 7.88. The number of nitrogens with one attached hydrogen (secondary N) is 2. The minimum Gasteiger partial charge on any atom is -0.397 e. The first-order valence-electron chi connectivity index (χ1n) is 4.87. The molecular weight excluding hydrogens is 228 g/mol. The molecule has 0 unspecified atom stereocenters. The molecule has 0 bridgehead atoms. The molecule has 0 amide bonds. The monoisotopic (exact) mass is 244 g/mol. The van der Waals surface area contributed by atoms with Crippen molar-refractivity contribution in [2.45, 2.75) is 6.42 Å². The van der Waals surface area contributed by atoms with Crippen LogP contribution in [0.25, 0.3) is 0 Å². The quantitative estimate of drug-likeness (QED) is 0.613. The Balaban J connectivity index is 2.19. The summed E-state index contributed by atoms with van der Waals surface area (Å²) in [5.74, 6) is 0.730. The van der Waals surface area contributed by atoms with Crippen molar-refractivity contribution in [3.05, 3.63) is 18.3 Å². The lowest BCUT2D eigenvalue weighted by atomic mass is 10.4. The molecule has 1 aromatic rings. The van der Waals surface area contributed by atoms with E-state index in [1.807, 2.05) is 0 Å². The second kappa shape index (κ2) is 5.66. The lowest BCUT2D eigenvalue weighted by Gasteiger charge is -2.05. The number of nitrogens with two attached hydrogens (primary N) is 1. The molecule has 0 aliphatic carbocycles. The lowest BCUT2D eigenvalue weighted by Crippen LogP contribution is -2.24. The minimum atomic E-state index is -3.08. The first-order valence-corrected chi connectivity index (χ1v) is 6.76. The van der Waals surface area contributed by atoms with Crippen LogP contribution < -0.4 is 15.8 Å². The zero-order chi connectivity index (χ0) is 12.0. The molecule has 0 fully saturated rings. The number of aromatic nitrogens is 1. The van der Waals surface area contributed by atoms with Gasteiger partial charge in [0.1, 0.15) is 5.82 Å². The highest BCUT2D eigenvalue weighted by Gasteiger charge is 1.98. The third kappa shape index (κ3) is 5.52. The van der Waals surface area contributed by atoms with E-state index in [0.29, 0.717) is 25.2 Å². The second-order valence-electron chi connectivity index (χ2n) is 3.42. The van der Waals surface area contributed by atoms with Crippen molar-refractivity contribution >= 4 is 21.5 Å². The smallest absolute Gasteiger partial charge is 0.208 e. The topological polar surface area (TPSA) is 97.1 Å². The molecule has 1 heterocycles. The average Bonchev–Trinajstić information content (AvgIpc) is 2.19. The average molecular weight is 244 g/mol. The Morgan fingerprint density at radius 3 is 2.69 bits per heavy atom. The standard InChI is InChI=1S/C9H16N4O2S/c1-16(14,15)13-6-2-5-11-9-4-3-8(10)7-12-9/h3-4,7,13H,2,5-6,10H2,1H3,(H,11,12). The molecule has 1 aromatic heterocycles. The molecule has 0 spiro atoms. The van der Waals surface area contributed by atoms with Crippen LogP contribution >= 0.6 is 0 Å². The van der Waals surface area contributed by atoms with Crippen LogP contribution in [0.3, 0.4) is 0 Å². The van der Waals surface area contributed by atoms with Gasteiger partial charge in [-0.15, -0.1) is 0 Å². The third-order valence-electron chi connectivity index (χ3n) is 1.81. The molecule has 0 radical (unpaired) electrons. The van der Waals surface area contributed by atoms with Crippen LogP contribution in [-0.4, -0.2) is 32.7 Å². The van der Waals surface area contributed by atoms with Gasteiger partial charge in [-0.05, 0) is 18.6 Å². The van der Waals surface area contributed by atoms with Gasteiger partial charge in [-0.25, -0.2) is 18.1 Å². The molecule has 0 aliphatic rings. The van der Waals surface area contributed by atoms with Gasteiger partial charge < -0.3 is 11.1 Å². The van der Waals surface area contributed by atoms with Crippen molar-refractivity contribution in [3.8, 4) is 0 Å². The van der Waals surface area contributed by atoms with E-state index in [-0.39, 0.29) is 0 Å². The Kier molecular flexibility index (Phi) is 4.51. The van der Waals surface area contributed by atoms with E-state index < -0.39 is 10.0 Å². The Morgan fingerprint density at radius 2 is 2.12 bits per heavy atom. The van der Waals surface area contributed by atoms with Crippen molar-refractivity contribution in [1.82, 2.24) is 9.71 Å². The van der Waals surface area contributed by atoms with Gasteiger partial charge in [-0.1, -0.05) is 0 Å². The van der Waals surface area contributed by atoms with Crippen LogP contribution in [0.4, 0.5) is 11.5 Å². The summed E-state index contributed by atoms with van der Waals surface area (Å²) in [5, 5.41) is 3.06. The summed E-state index contributed by atoms with van der Waals surface area (Å²) in [6.45, 7) is 1.07. The molecule has 4 N–H and O–H groups in total. The van der Waals surface area contributed by atoms with Crippen LogP contribution in [0.1, 0.15) is 6.42 Å². The van der Waals surface area contributed by atoms with Crippen molar-refractivity contribution in [3.63, 3.8) is 0 Å². The minimum absolute atomic E-state index is 0.417. The molecule has 0 atom stereocenters. The van der Waals surface area contributed by atoms with Crippen molar-refractivity contribution in [1.29, 1.82) is 0 Å². The molecule has 6 nitrogen and oxygen atoms in total. The second-order valence-corrected chi connectivity index (χ2v) is 5.26. The summed E-state index contributed by atoms with van der Waals surface area (Å²) in [6.07, 6.45) is 3.40. The van der Waals surface area contributed by atoms with Crippen LogP contribution in [0.15, 0.2) is 18.3 Å². The van der Waals surface area contributed by atoms with Gasteiger partial charge in [0, 0.05) is 13.1 Å². The molecular formula is C9H16N4O2S. The van der Waals surface area contributed by atoms with E-state index >= 15 is 0 Å². The van der Waals surface area contributed by atoms with Gasteiger partial charge in [0.15, 0.2) is 0 Å². The summed E-state index contributed by atoms with van der Waals surface area (Å²) < 4.78 is 23.9. The Bertz CT molecular complexity index is 416. The molecule has 0 saturated carbocycles. The summed E-state index contributed by atoms with van der Waals surface area (Å²) >= 11 is 0. The van der Waals surface area contributed by atoms with Crippen LogP contribution in [0, 0.1) is 0 Å². The number of nitrogens with zero attached hydrogens (tertiary/aromatic N) is 1. The van der Waals surface area contributed by atoms with Gasteiger partial charge in [0.25, 0.3) is 0 Å². The number of hydrogen-bond donors (Lipinski definition) is 3. The van der Waals surface area contributed by atoms with Crippen LogP contribution in [0.2, 0.25) is 0 Å². The highest BCUT2D eigenvalue weighted by atomic mass is 32.2. The van der Waals surface area contributed by atoms with E-state index in [4.69, 9.17) is 5.73 Å².